The summed E-state index contributed by atoms with van der Waals surface area (Å²) >= 11 is 1.70. The number of carbonyl (C=O) groups excluding carboxylic acids is 1. The molecule has 0 aliphatic heterocycles. The van der Waals surface area contributed by atoms with E-state index >= 15 is 0 Å². The Kier molecular flexibility index (Phi) is 3.01. The van der Waals surface area contributed by atoms with Crippen molar-refractivity contribution in [3.8, 4) is 0 Å². The van der Waals surface area contributed by atoms with Gasteiger partial charge in [-0.2, -0.15) is 0 Å². The highest BCUT2D eigenvalue weighted by Crippen LogP contribution is 2.42. The van der Waals surface area contributed by atoms with Gasteiger partial charge in [0.15, 0.2) is 0 Å². The molecule has 3 rings (SSSR count). The summed E-state index contributed by atoms with van der Waals surface area (Å²) < 4.78 is 0. The molecule has 2 saturated carbocycles. The molecule has 4 nitrogen and oxygen atoms in total. The highest BCUT2D eigenvalue weighted by Gasteiger charge is 2.37. The third-order valence-electron chi connectivity index (χ3n) is 3.69. The quantitative estimate of drug-likeness (QED) is 0.909. The van der Waals surface area contributed by atoms with Gasteiger partial charge < -0.3 is 10.2 Å². The van der Waals surface area contributed by atoms with Crippen molar-refractivity contribution in [2.45, 2.75) is 44.7 Å². The number of urea groups is 1. The van der Waals surface area contributed by atoms with E-state index in [-0.39, 0.29) is 12.1 Å². The summed E-state index contributed by atoms with van der Waals surface area (Å²) in [5.74, 6) is 0.590. The minimum absolute atomic E-state index is 0.0576. The zero-order valence-corrected chi connectivity index (χ0v) is 11.7. The van der Waals surface area contributed by atoms with E-state index in [9.17, 15) is 4.79 Å². The summed E-state index contributed by atoms with van der Waals surface area (Å²) in [4.78, 5) is 19.6. The van der Waals surface area contributed by atoms with Crippen molar-refractivity contribution in [3.63, 3.8) is 0 Å². The van der Waals surface area contributed by atoms with Crippen molar-refractivity contribution < 1.29 is 4.79 Å². The molecule has 0 unspecified atom stereocenters. The summed E-state index contributed by atoms with van der Waals surface area (Å²) in [6, 6.07) is 0.641. The molecule has 2 fully saturated rings. The number of aromatic nitrogens is 1. The molecule has 1 heterocycles. The molecule has 1 aromatic heterocycles. The Morgan fingerprint density at radius 3 is 2.72 bits per heavy atom. The molecule has 0 bridgehead atoms. The molecular weight excluding hydrogens is 246 g/mol. The van der Waals surface area contributed by atoms with Gasteiger partial charge in [-0.3, -0.25) is 0 Å². The van der Waals surface area contributed by atoms with Crippen LogP contribution >= 0.6 is 11.3 Å². The topological polar surface area (TPSA) is 45.2 Å². The maximum absolute atomic E-state index is 12.1. The van der Waals surface area contributed by atoms with Crippen LogP contribution in [-0.4, -0.2) is 29.0 Å². The second kappa shape index (κ2) is 4.53. The van der Waals surface area contributed by atoms with E-state index in [0.717, 1.165) is 17.8 Å². The lowest BCUT2D eigenvalue weighted by Gasteiger charge is -2.22. The lowest BCUT2D eigenvalue weighted by molar-refractivity contribution is 0.201. The van der Waals surface area contributed by atoms with E-state index in [1.54, 1.807) is 11.3 Å². The van der Waals surface area contributed by atoms with Gasteiger partial charge in [0, 0.05) is 24.2 Å². The van der Waals surface area contributed by atoms with E-state index in [1.165, 1.54) is 17.7 Å². The second-order valence-electron chi connectivity index (χ2n) is 5.42. The van der Waals surface area contributed by atoms with Crippen molar-refractivity contribution in [1.29, 1.82) is 0 Å². The van der Waals surface area contributed by atoms with Crippen LogP contribution in [0.4, 0.5) is 4.79 Å². The van der Waals surface area contributed by atoms with E-state index in [0.29, 0.717) is 12.0 Å². The first-order chi connectivity index (χ1) is 8.65. The minimum atomic E-state index is 0.0576. The van der Waals surface area contributed by atoms with Gasteiger partial charge in [0.1, 0.15) is 5.01 Å². The average Bonchev–Trinajstić information content (AvgIpc) is 3.24. The zero-order valence-electron chi connectivity index (χ0n) is 10.8. The lowest BCUT2D eigenvalue weighted by Crippen LogP contribution is -2.41. The largest absolute Gasteiger partial charge is 0.328 e. The zero-order chi connectivity index (χ0) is 12.7. The van der Waals surface area contributed by atoms with E-state index in [2.05, 4.69) is 17.2 Å². The predicted octanol–water partition coefficient (Wildman–Crippen LogP) is 2.71. The molecule has 2 amide bonds. The van der Waals surface area contributed by atoms with Crippen molar-refractivity contribution in [3.05, 3.63) is 16.1 Å². The van der Waals surface area contributed by atoms with Crippen LogP contribution in [0.25, 0.3) is 0 Å². The van der Waals surface area contributed by atoms with Crippen LogP contribution in [-0.2, 0) is 0 Å². The Bertz CT molecular complexity index is 451. The summed E-state index contributed by atoms with van der Waals surface area (Å²) in [5.41, 5.74) is 0. The van der Waals surface area contributed by atoms with E-state index < -0.39 is 0 Å². The minimum Gasteiger partial charge on any atom is -0.328 e. The number of nitrogens with zero attached hydrogens (tertiary/aromatic N) is 2. The first-order valence-electron chi connectivity index (χ1n) is 6.61. The maximum atomic E-state index is 12.1. The van der Waals surface area contributed by atoms with Crippen molar-refractivity contribution >= 4 is 17.4 Å². The molecule has 18 heavy (non-hydrogen) atoms. The van der Waals surface area contributed by atoms with Gasteiger partial charge in [0.2, 0.25) is 0 Å². The lowest BCUT2D eigenvalue weighted by atomic mass is 10.2. The molecule has 1 atom stereocenters. The fourth-order valence-corrected chi connectivity index (χ4v) is 3.11. The molecule has 0 aromatic carbocycles. The molecule has 98 valence electrons. The van der Waals surface area contributed by atoms with Gasteiger partial charge in [0.05, 0.1) is 6.04 Å². The van der Waals surface area contributed by atoms with Gasteiger partial charge >= 0.3 is 6.03 Å². The monoisotopic (exact) mass is 265 g/mol. The number of carbonyl (C=O) groups is 1. The van der Waals surface area contributed by atoms with Crippen molar-refractivity contribution in [2.24, 2.45) is 5.92 Å². The Labute approximate surface area is 111 Å². The Hall–Kier alpha value is -1.10. The number of nitrogens with one attached hydrogen (secondary N) is 1. The Morgan fingerprint density at radius 1 is 1.50 bits per heavy atom. The van der Waals surface area contributed by atoms with Crippen LogP contribution < -0.4 is 5.32 Å². The number of hydrogen-bond donors (Lipinski definition) is 1. The number of hydrogen-bond acceptors (Lipinski definition) is 3. The second-order valence-corrected chi connectivity index (χ2v) is 6.68. The van der Waals surface area contributed by atoms with Crippen LogP contribution in [0, 0.1) is 12.8 Å². The predicted molar refractivity (Wildman–Crippen MR) is 71.6 cm³/mol. The van der Waals surface area contributed by atoms with Crippen molar-refractivity contribution in [1.82, 2.24) is 15.2 Å². The summed E-state index contributed by atoms with van der Waals surface area (Å²) in [5, 5.41) is 4.23. The van der Waals surface area contributed by atoms with Crippen molar-refractivity contribution in [2.75, 3.05) is 7.05 Å². The Morgan fingerprint density at radius 2 is 2.22 bits per heavy atom. The smallest absolute Gasteiger partial charge is 0.317 e. The Balaban J connectivity index is 1.68. The fourth-order valence-electron chi connectivity index (χ4n) is 2.19. The van der Waals surface area contributed by atoms with Crippen LogP contribution in [0.3, 0.4) is 0 Å². The molecular formula is C13H19N3OS. The summed E-state index contributed by atoms with van der Waals surface area (Å²) in [6.45, 7) is 2.06. The molecule has 5 heteroatoms. The number of aryl methyl sites for hydroxylation is 1. The third kappa shape index (κ3) is 2.51. The number of rotatable bonds is 4. The number of amides is 2. The van der Waals surface area contributed by atoms with Crippen LogP contribution in [0.5, 0.6) is 0 Å². The molecule has 0 radical (unpaired) electrons. The SMILES string of the molecule is Cc1cnc([C@@H](NC(=O)N(C)C2CC2)C2CC2)s1. The van der Waals surface area contributed by atoms with Crippen LogP contribution in [0.2, 0.25) is 0 Å². The van der Waals surface area contributed by atoms with E-state index in [4.69, 9.17) is 0 Å². The van der Waals surface area contributed by atoms with E-state index in [1.807, 2.05) is 18.1 Å². The number of thiazole rings is 1. The van der Waals surface area contributed by atoms with Crippen LogP contribution in [0.1, 0.15) is 41.6 Å². The first kappa shape index (κ1) is 12.0. The highest BCUT2D eigenvalue weighted by molar-refractivity contribution is 7.11. The third-order valence-corrected chi connectivity index (χ3v) is 4.69. The molecule has 1 aromatic rings. The normalized spacial score (nSPS) is 20.6. The maximum Gasteiger partial charge on any atom is 0.317 e. The average molecular weight is 265 g/mol. The van der Waals surface area contributed by atoms with Gasteiger partial charge in [-0.05, 0) is 38.5 Å². The van der Waals surface area contributed by atoms with Gasteiger partial charge in [0.25, 0.3) is 0 Å². The molecule has 0 saturated heterocycles. The molecule has 2 aliphatic rings. The van der Waals surface area contributed by atoms with Gasteiger partial charge in [-0.1, -0.05) is 0 Å². The molecule has 2 aliphatic carbocycles. The standard InChI is InChI=1S/C13H19N3OS/c1-8-7-14-12(18-8)11(9-3-4-9)15-13(17)16(2)10-5-6-10/h7,9-11H,3-6H2,1-2H3,(H,15,17)/t11-/m0/s1. The summed E-state index contributed by atoms with van der Waals surface area (Å²) in [7, 11) is 1.89. The molecule has 1 N–H and O–H groups in total. The highest BCUT2D eigenvalue weighted by atomic mass is 32.1. The van der Waals surface area contributed by atoms with Gasteiger partial charge in [-0.25, -0.2) is 9.78 Å². The molecule has 0 spiro atoms. The summed E-state index contributed by atoms with van der Waals surface area (Å²) in [6.07, 6.45) is 6.60. The van der Waals surface area contributed by atoms with Gasteiger partial charge in [-0.15, -0.1) is 11.3 Å². The fraction of sp³-hybridized carbons (Fsp3) is 0.692. The van der Waals surface area contributed by atoms with Crippen LogP contribution in [0.15, 0.2) is 6.20 Å². The first-order valence-corrected chi connectivity index (χ1v) is 7.42.